The van der Waals surface area contributed by atoms with E-state index in [2.05, 4.69) is 5.32 Å². The van der Waals surface area contributed by atoms with Gasteiger partial charge in [0.15, 0.2) is 0 Å². The molecule has 0 aliphatic rings. The Hall–Kier alpha value is -1.39. The largest absolute Gasteiger partial charge is 0.444 e. The fraction of sp³-hybridized carbons (Fsp3) is 0.588. The standard InChI is InChI=1S/C14H20ClNO5S.C3H9NO/c1-14(2,3)21-13(17)16-9-4-10-20-22(18,19)12-7-5-11(15)6-8-12;4-2-1-3-5/h5-8H,4,9-10H2,1-3H3,(H,16,17);5H,1-4H2. The van der Waals surface area contributed by atoms with Crippen molar-refractivity contribution in [3.8, 4) is 0 Å². The number of benzene rings is 1. The van der Waals surface area contributed by atoms with Crippen LogP contribution in [-0.2, 0) is 19.0 Å². The smallest absolute Gasteiger partial charge is 0.407 e. The van der Waals surface area contributed by atoms with Crippen LogP contribution >= 0.6 is 11.6 Å². The van der Waals surface area contributed by atoms with Crippen LogP contribution in [0.1, 0.15) is 33.6 Å². The predicted octanol–water partition coefficient (Wildman–Crippen LogP) is 2.29. The summed E-state index contributed by atoms with van der Waals surface area (Å²) in [5.74, 6) is 0. The van der Waals surface area contributed by atoms with Gasteiger partial charge in [0.25, 0.3) is 10.1 Å². The van der Waals surface area contributed by atoms with E-state index in [0.29, 0.717) is 18.0 Å². The maximum Gasteiger partial charge on any atom is 0.407 e. The highest BCUT2D eigenvalue weighted by molar-refractivity contribution is 7.86. The van der Waals surface area contributed by atoms with Crippen LogP contribution in [0.15, 0.2) is 29.2 Å². The summed E-state index contributed by atoms with van der Waals surface area (Å²) in [6.45, 7) is 6.30. The van der Waals surface area contributed by atoms with Crippen LogP contribution in [0.25, 0.3) is 0 Å². The number of aliphatic hydroxyl groups excluding tert-OH is 1. The second-order valence-electron chi connectivity index (χ2n) is 6.38. The van der Waals surface area contributed by atoms with E-state index in [1.165, 1.54) is 24.3 Å². The average molecular weight is 425 g/mol. The van der Waals surface area contributed by atoms with Gasteiger partial charge in [-0.1, -0.05) is 11.6 Å². The monoisotopic (exact) mass is 424 g/mol. The van der Waals surface area contributed by atoms with Crippen LogP contribution in [0.2, 0.25) is 5.02 Å². The van der Waals surface area contributed by atoms with Gasteiger partial charge in [-0.15, -0.1) is 0 Å². The molecule has 1 aromatic carbocycles. The molecule has 1 aromatic rings. The van der Waals surface area contributed by atoms with Crippen molar-refractivity contribution >= 4 is 27.8 Å². The molecular formula is C17H29ClN2O6S. The van der Waals surface area contributed by atoms with Gasteiger partial charge < -0.3 is 20.9 Å². The Labute approximate surface area is 166 Å². The summed E-state index contributed by atoms with van der Waals surface area (Å²) in [5, 5.41) is 11.0. The van der Waals surface area contributed by atoms with E-state index >= 15 is 0 Å². The lowest BCUT2D eigenvalue weighted by atomic mass is 10.2. The molecule has 0 aromatic heterocycles. The first kappa shape index (κ1) is 25.6. The highest BCUT2D eigenvalue weighted by Gasteiger charge is 2.16. The number of hydrogen-bond acceptors (Lipinski definition) is 7. The molecule has 0 bridgehead atoms. The summed E-state index contributed by atoms with van der Waals surface area (Å²) in [4.78, 5) is 11.4. The number of aliphatic hydroxyl groups is 1. The molecule has 27 heavy (non-hydrogen) atoms. The number of hydrogen-bond donors (Lipinski definition) is 3. The van der Waals surface area contributed by atoms with Gasteiger partial charge in [0.05, 0.1) is 11.5 Å². The molecule has 0 aliphatic carbocycles. The minimum absolute atomic E-state index is 0.0389. The van der Waals surface area contributed by atoms with E-state index in [0.717, 1.165) is 6.42 Å². The van der Waals surface area contributed by atoms with Gasteiger partial charge in [0, 0.05) is 18.2 Å². The fourth-order valence-corrected chi connectivity index (χ4v) is 2.57. The number of carbonyl (C=O) groups is 1. The van der Waals surface area contributed by atoms with E-state index in [1.807, 2.05) is 0 Å². The van der Waals surface area contributed by atoms with Gasteiger partial charge in [-0.2, -0.15) is 8.42 Å². The Bertz CT molecular complexity index is 642. The van der Waals surface area contributed by atoms with Crippen molar-refractivity contribution < 1.29 is 27.2 Å². The third-order valence-corrected chi connectivity index (χ3v) is 4.27. The van der Waals surface area contributed by atoms with Gasteiger partial charge in [-0.25, -0.2) is 4.79 Å². The molecule has 8 nitrogen and oxygen atoms in total. The molecule has 0 aliphatic heterocycles. The number of carbonyl (C=O) groups excluding carboxylic acids is 1. The van der Waals surface area contributed by atoms with Crippen LogP contribution < -0.4 is 11.1 Å². The van der Waals surface area contributed by atoms with E-state index in [9.17, 15) is 13.2 Å². The Morgan fingerprint density at radius 1 is 1.22 bits per heavy atom. The third kappa shape index (κ3) is 13.4. The van der Waals surface area contributed by atoms with Gasteiger partial charge in [0.2, 0.25) is 0 Å². The van der Waals surface area contributed by atoms with E-state index < -0.39 is 21.8 Å². The van der Waals surface area contributed by atoms with Crippen LogP contribution in [0.4, 0.5) is 4.79 Å². The van der Waals surface area contributed by atoms with Crippen LogP contribution in [0, 0.1) is 0 Å². The van der Waals surface area contributed by atoms with Crippen LogP contribution in [0.3, 0.4) is 0 Å². The van der Waals surface area contributed by atoms with Gasteiger partial charge >= 0.3 is 6.09 Å². The molecular weight excluding hydrogens is 396 g/mol. The van der Waals surface area contributed by atoms with Gasteiger partial charge in [0.1, 0.15) is 5.60 Å². The molecule has 1 rings (SSSR count). The lowest BCUT2D eigenvalue weighted by Crippen LogP contribution is -2.33. The molecule has 1 amide bonds. The molecule has 0 radical (unpaired) electrons. The molecule has 0 fully saturated rings. The molecule has 0 heterocycles. The highest BCUT2D eigenvalue weighted by Crippen LogP contribution is 2.16. The summed E-state index contributed by atoms with van der Waals surface area (Å²) < 4.78 is 33.6. The quantitative estimate of drug-likeness (QED) is 0.431. The second kappa shape index (κ2) is 12.9. The second-order valence-corrected chi connectivity index (χ2v) is 8.43. The van der Waals surface area contributed by atoms with Crippen LogP contribution in [-0.4, -0.2) is 51.5 Å². The van der Waals surface area contributed by atoms with Crippen molar-refractivity contribution in [2.24, 2.45) is 5.73 Å². The number of amides is 1. The fourth-order valence-electron chi connectivity index (χ4n) is 1.51. The van der Waals surface area contributed by atoms with E-state index in [1.54, 1.807) is 20.8 Å². The number of rotatable bonds is 8. The van der Waals surface area contributed by atoms with E-state index in [-0.39, 0.29) is 24.7 Å². The molecule has 0 saturated heterocycles. The maximum absolute atomic E-state index is 11.9. The van der Waals surface area contributed by atoms with Crippen LogP contribution in [0.5, 0.6) is 0 Å². The number of ether oxygens (including phenoxy) is 1. The maximum atomic E-state index is 11.9. The van der Waals surface area contributed by atoms with Crippen molar-refractivity contribution in [2.45, 2.75) is 44.1 Å². The number of nitrogens with two attached hydrogens (primary N) is 1. The first-order chi connectivity index (χ1) is 12.5. The summed E-state index contributed by atoms with van der Waals surface area (Å²) >= 11 is 5.70. The number of halogens is 1. The molecule has 156 valence electrons. The third-order valence-electron chi connectivity index (χ3n) is 2.69. The molecule has 4 N–H and O–H groups in total. The average Bonchev–Trinajstić information content (AvgIpc) is 2.54. The Morgan fingerprint density at radius 2 is 1.81 bits per heavy atom. The first-order valence-electron chi connectivity index (χ1n) is 8.44. The van der Waals surface area contributed by atoms with Crippen molar-refractivity contribution in [3.05, 3.63) is 29.3 Å². The molecule has 0 spiro atoms. The summed E-state index contributed by atoms with van der Waals surface area (Å²) in [6.07, 6.45) is 0.513. The molecule has 0 unspecified atom stereocenters. The lowest BCUT2D eigenvalue weighted by Gasteiger charge is -2.19. The topological polar surface area (TPSA) is 128 Å². The number of alkyl carbamates (subject to hydrolysis) is 1. The highest BCUT2D eigenvalue weighted by atomic mass is 35.5. The van der Waals surface area contributed by atoms with Gasteiger partial charge in [-0.05, 0) is 64.4 Å². The molecule has 0 atom stereocenters. The zero-order chi connectivity index (χ0) is 20.9. The molecule has 10 heteroatoms. The van der Waals surface area contributed by atoms with Crippen molar-refractivity contribution in [1.29, 1.82) is 0 Å². The SMILES string of the molecule is CC(C)(C)OC(=O)NCCCOS(=O)(=O)c1ccc(Cl)cc1.NCCCO. The number of nitrogens with one attached hydrogen (secondary N) is 1. The first-order valence-corrected chi connectivity index (χ1v) is 10.2. The van der Waals surface area contributed by atoms with Crippen molar-refractivity contribution in [2.75, 3.05) is 26.3 Å². The Morgan fingerprint density at radius 3 is 2.26 bits per heavy atom. The minimum atomic E-state index is -3.81. The van der Waals surface area contributed by atoms with Crippen molar-refractivity contribution in [1.82, 2.24) is 5.32 Å². The van der Waals surface area contributed by atoms with Crippen molar-refractivity contribution in [3.63, 3.8) is 0 Å². The van der Waals surface area contributed by atoms with Gasteiger partial charge in [-0.3, -0.25) is 4.18 Å². The molecule has 0 saturated carbocycles. The minimum Gasteiger partial charge on any atom is -0.444 e. The van der Waals surface area contributed by atoms with E-state index in [4.69, 9.17) is 31.4 Å². The zero-order valence-electron chi connectivity index (χ0n) is 15.9. The summed E-state index contributed by atoms with van der Waals surface area (Å²) in [7, 11) is -3.81. The Balaban J connectivity index is 0.00000119. The summed E-state index contributed by atoms with van der Waals surface area (Å²) in [6, 6.07) is 5.69. The summed E-state index contributed by atoms with van der Waals surface area (Å²) in [5.41, 5.74) is 4.41. The normalized spacial score (nSPS) is 11.3. The predicted molar refractivity (Wildman–Crippen MR) is 104 cm³/mol. The lowest BCUT2D eigenvalue weighted by molar-refractivity contribution is 0.0526. The zero-order valence-corrected chi connectivity index (χ0v) is 17.5. The Kier molecular flexibility index (Phi) is 12.2.